The van der Waals surface area contributed by atoms with Crippen LogP contribution in [-0.2, 0) is 0 Å². The molecule has 1 aromatic carbocycles. The Hall–Kier alpha value is -2.63. The molecule has 0 bridgehead atoms. The molecule has 0 saturated carbocycles. The van der Waals surface area contributed by atoms with Gasteiger partial charge in [-0.3, -0.25) is 0 Å². The van der Waals surface area contributed by atoms with Crippen LogP contribution >= 0.6 is 0 Å². The molecule has 0 fully saturated rings. The number of imidazole rings is 1. The van der Waals surface area contributed by atoms with E-state index in [0.29, 0.717) is 28.5 Å². The lowest BCUT2D eigenvalue weighted by Gasteiger charge is -2.08. The maximum Gasteiger partial charge on any atom is 0.248 e. The molecule has 6 nitrogen and oxygen atoms in total. The van der Waals surface area contributed by atoms with E-state index in [0.717, 1.165) is 0 Å². The molecule has 18 heavy (non-hydrogen) atoms. The second-order valence-electron chi connectivity index (χ2n) is 3.53. The fourth-order valence-electron chi connectivity index (χ4n) is 1.63. The van der Waals surface area contributed by atoms with E-state index in [1.54, 1.807) is 13.4 Å². The molecule has 0 amide bonds. The molecule has 0 aliphatic rings. The molecule has 90 valence electrons. The topological polar surface area (TPSA) is 72.9 Å². The Morgan fingerprint density at radius 2 is 1.89 bits per heavy atom. The van der Waals surface area contributed by atoms with Crippen LogP contribution in [0.4, 0.5) is 0 Å². The highest BCUT2D eigenvalue weighted by Crippen LogP contribution is 2.31. The molecule has 3 rings (SSSR count). The standard InChI is InChI=1S/C12H10N4O2/c1-17-8-4-2-3-5-9(8)18-12-10-11(14-6-13-10)15-7-16-12/h2-7H,1H3,(H,13,14,15,16). The van der Waals surface area contributed by atoms with E-state index in [1.807, 2.05) is 24.3 Å². The highest BCUT2D eigenvalue weighted by atomic mass is 16.5. The van der Waals surface area contributed by atoms with Gasteiger partial charge >= 0.3 is 0 Å². The Morgan fingerprint density at radius 3 is 2.72 bits per heavy atom. The number of methoxy groups -OCH3 is 1. The molecule has 2 aromatic heterocycles. The van der Waals surface area contributed by atoms with Crippen molar-refractivity contribution in [2.45, 2.75) is 0 Å². The van der Waals surface area contributed by atoms with E-state index in [-0.39, 0.29) is 0 Å². The van der Waals surface area contributed by atoms with Gasteiger partial charge in [0.05, 0.1) is 13.4 Å². The van der Waals surface area contributed by atoms with Crippen molar-refractivity contribution >= 4 is 11.2 Å². The van der Waals surface area contributed by atoms with Crippen LogP contribution in [-0.4, -0.2) is 27.0 Å². The Labute approximate surface area is 103 Å². The van der Waals surface area contributed by atoms with Gasteiger partial charge in [-0.05, 0) is 12.1 Å². The van der Waals surface area contributed by atoms with E-state index in [9.17, 15) is 0 Å². The highest BCUT2D eigenvalue weighted by Gasteiger charge is 2.10. The molecule has 0 spiro atoms. The molecule has 6 heteroatoms. The van der Waals surface area contributed by atoms with Crippen molar-refractivity contribution in [1.82, 2.24) is 19.9 Å². The lowest BCUT2D eigenvalue weighted by molar-refractivity contribution is 0.375. The molecule has 0 unspecified atom stereocenters. The third-order valence-corrected chi connectivity index (χ3v) is 2.46. The van der Waals surface area contributed by atoms with Crippen LogP contribution in [0.1, 0.15) is 0 Å². The van der Waals surface area contributed by atoms with Gasteiger partial charge < -0.3 is 14.5 Å². The van der Waals surface area contributed by atoms with Crippen molar-refractivity contribution in [1.29, 1.82) is 0 Å². The van der Waals surface area contributed by atoms with E-state index >= 15 is 0 Å². The molecule has 0 radical (unpaired) electrons. The van der Waals surface area contributed by atoms with Crippen molar-refractivity contribution in [2.75, 3.05) is 7.11 Å². The van der Waals surface area contributed by atoms with Gasteiger partial charge in [-0.15, -0.1) is 0 Å². The van der Waals surface area contributed by atoms with Crippen LogP contribution in [0.15, 0.2) is 36.9 Å². The average Bonchev–Trinajstić information content (AvgIpc) is 2.89. The molecule has 0 aliphatic carbocycles. The third-order valence-electron chi connectivity index (χ3n) is 2.46. The third kappa shape index (κ3) is 1.73. The normalized spacial score (nSPS) is 10.5. The number of hydrogen-bond acceptors (Lipinski definition) is 5. The first-order valence-corrected chi connectivity index (χ1v) is 5.33. The van der Waals surface area contributed by atoms with Crippen LogP contribution in [0.25, 0.3) is 11.2 Å². The lowest BCUT2D eigenvalue weighted by atomic mass is 10.3. The van der Waals surface area contributed by atoms with Crippen molar-refractivity contribution in [2.24, 2.45) is 0 Å². The second kappa shape index (κ2) is 4.33. The molecule has 3 aromatic rings. The predicted octanol–water partition coefficient (Wildman–Crippen LogP) is 2.15. The number of benzene rings is 1. The number of fused-ring (bicyclic) bond motifs is 1. The fourth-order valence-corrected chi connectivity index (χ4v) is 1.63. The predicted molar refractivity (Wildman–Crippen MR) is 64.8 cm³/mol. The Bertz CT molecular complexity index is 680. The summed E-state index contributed by atoms with van der Waals surface area (Å²) in [5.41, 5.74) is 1.22. The Morgan fingerprint density at radius 1 is 1.06 bits per heavy atom. The van der Waals surface area contributed by atoms with Gasteiger partial charge in [0.2, 0.25) is 5.88 Å². The number of nitrogens with zero attached hydrogens (tertiary/aromatic N) is 3. The summed E-state index contributed by atoms with van der Waals surface area (Å²) in [6.45, 7) is 0. The minimum Gasteiger partial charge on any atom is -0.493 e. The van der Waals surface area contributed by atoms with E-state index in [1.165, 1.54) is 6.33 Å². The van der Waals surface area contributed by atoms with Gasteiger partial charge in [0.1, 0.15) is 11.8 Å². The number of aromatic nitrogens is 4. The molecule has 0 atom stereocenters. The van der Waals surface area contributed by atoms with Gasteiger partial charge in [-0.25, -0.2) is 9.97 Å². The summed E-state index contributed by atoms with van der Waals surface area (Å²) >= 11 is 0. The van der Waals surface area contributed by atoms with Gasteiger partial charge in [0.15, 0.2) is 17.1 Å². The van der Waals surface area contributed by atoms with Crippen LogP contribution < -0.4 is 9.47 Å². The fraction of sp³-hybridized carbons (Fsp3) is 0.0833. The number of nitrogens with one attached hydrogen (secondary N) is 1. The maximum atomic E-state index is 5.72. The van der Waals surface area contributed by atoms with Crippen molar-refractivity contribution in [3.8, 4) is 17.4 Å². The van der Waals surface area contributed by atoms with Gasteiger partial charge in [0, 0.05) is 0 Å². The number of H-pyrrole nitrogens is 1. The zero-order valence-corrected chi connectivity index (χ0v) is 9.62. The minimum atomic E-state index is 0.419. The largest absolute Gasteiger partial charge is 0.493 e. The molecular formula is C12H10N4O2. The maximum absolute atomic E-state index is 5.72. The Kier molecular flexibility index (Phi) is 2.53. The highest BCUT2D eigenvalue weighted by molar-refractivity contribution is 5.75. The van der Waals surface area contributed by atoms with Crippen LogP contribution in [0.5, 0.6) is 17.4 Å². The average molecular weight is 242 g/mol. The summed E-state index contributed by atoms with van der Waals surface area (Å²) in [4.78, 5) is 15.1. The number of rotatable bonds is 3. The summed E-state index contributed by atoms with van der Waals surface area (Å²) in [6.07, 6.45) is 2.96. The number of aromatic amines is 1. The number of ether oxygens (including phenoxy) is 2. The first kappa shape index (κ1) is 10.5. The van der Waals surface area contributed by atoms with Crippen molar-refractivity contribution in [3.05, 3.63) is 36.9 Å². The zero-order chi connectivity index (χ0) is 12.4. The summed E-state index contributed by atoms with van der Waals surface area (Å²) in [6, 6.07) is 7.37. The molecular weight excluding hydrogens is 232 g/mol. The van der Waals surface area contributed by atoms with Gasteiger partial charge in [-0.1, -0.05) is 12.1 Å². The van der Waals surface area contributed by atoms with Crippen LogP contribution in [0, 0.1) is 0 Å². The Balaban J connectivity index is 2.04. The molecule has 0 aliphatic heterocycles. The number of para-hydroxylation sites is 2. The van der Waals surface area contributed by atoms with Crippen LogP contribution in [0.2, 0.25) is 0 Å². The van der Waals surface area contributed by atoms with E-state index < -0.39 is 0 Å². The summed E-state index contributed by atoms with van der Waals surface area (Å²) in [5.74, 6) is 1.65. The van der Waals surface area contributed by atoms with Gasteiger partial charge in [0.25, 0.3) is 0 Å². The second-order valence-corrected chi connectivity index (χ2v) is 3.53. The molecule has 2 heterocycles. The van der Waals surface area contributed by atoms with Gasteiger partial charge in [-0.2, -0.15) is 4.98 Å². The molecule has 0 saturated heterocycles. The lowest BCUT2D eigenvalue weighted by Crippen LogP contribution is -1.93. The molecule has 1 N–H and O–H groups in total. The summed E-state index contributed by atoms with van der Waals surface area (Å²) in [7, 11) is 1.59. The van der Waals surface area contributed by atoms with Crippen molar-refractivity contribution < 1.29 is 9.47 Å². The first-order valence-electron chi connectivity index (χ1n) is 5.33. The summed E-state index contributed by atoms with van der Waals surface area (Å²) in [5, 5.41) is 0. The zero-order valence-electron chi connectivity index (χ0n) is 9.62. The number of hydrogen-bond donors (Lipinski definition) is 1. The van der Waals surface area contributed by atoms with E-state index in [2.05, 4.69) is 19.9 Å². The van der Waals surface area contributed by atoms with Crippen molar-refractivity contribution in [3.63, 3.8) is 0 Å². The minimum absolute atomic E-state index is 0.419. The smallest absolute Gasteiger partial charge is 0.248 e. The SMILES string of the molecule is COc1ccccc1Oc1ncnc2nc[nH]c12. The monoisotopic (exact) mass is 242 g/mol. The van der Waals surface area contributed by atoms with Crippen LogP contribution in [0.3, 0.4) is 0 Å². The summed E-state index contributed by atoms with van der Waals surface area (Å²) < 4.78 is 10.9. The quantitative estimate of drug-likeness (QED) is 0.761. The first-order chi connectivity index (χ1) is 8.88. The van der Waals surface area contributed by atoms with E-state index in [4.69, 9.17) is 9.47 Å².